The van der Waals surface area contributed by atoms with Crippen molar-refractivity contribution in [2.45, 2.75) is 0 Å². The molecule has 2 nitrogen and oxygen atoms in total. The van der Waals surface area contributed by atoms with Crippen LogP contribution in [-0.4, -0.2) is 0 Å². The lowest BCUT2D eigenvalue weighted by atomic mass is 9.93. The third-order valence-corrected chi connectivity index (χ3v) is 11.4. The average Bonchev–Trinajstić information content (AvgIpc) is 3.87. The maximum atomic E-state index is 6.59. The molecule has 8 aromatic carbocycles. The normalized spacial score (nSPS) is 11.9. The van der Waals surface area contributed by atoms with Crippen molar-refractivity contribution in [1.29, 1.82) is 0 Å². The van der Waals surface area contributed by atoms with Crippen LogP contribution in [0, 0.1) is 0 Å². The summed E-state index contributed by atoms with van der Waals surface area (Å²) in [5.74, 6) is 0. The number of hydrogen-bond donors (Lipinski definition) is 0. The smallest absolute Gasteiger partial charge is 0.136 e. The lowest BCUT2D eigenvalue weighted by molar-refractivity contribution is 0.668. The van der Waals surface area contributed by atoms with Gasteiger partial charge in [0.25, 0.3) is 0 Å². The van der Waals surface area contributed by atoms with Gasteiger partial charge in [-0.05, 0) is 99.1 Å². The fraction of sp³-hybridized carbons (Fsp3) is 0. The zero-order chi connectivity index (χ0) is 33.5. The van der Waals surface area contributed by atoms with Crippen molar-refractivity contribution in [2.75, 3.05) is 0 Å². The fourth-order valence-electron chi connectivity index (χ4n) is 7.77. The standard InChI is InChI=1S/C48H28O2S/c1-2-8-29(9-3-1)31-15-22-41-42-23-16-32(28-48(42)51-47(41)27-31)30-14-19-39-40-21-18-34(26-46(40)50-44(39)24-30)36-11-5-4-10-35(36)33-17-20-38-37-12-6-7-13-43(37)49-45(38)25-33/h1-28H. The van der Waals surface area contributed by atoms with E-state index in [1.165, 1.54) is 36.9 Å². The van der Waals surface area contributed by atoms with E-state index in [2.05, 4.69) is 158 Å². The van der Waals surface area contributed by atoms with Crippen LogP contribution in [0.2, 0.25) is 0 Å². The van der Waals surface area contributed by atoms with Crippen LogP contribution in [0.25, 0.3) is 109 Å². The molecule has 0 radical (unpaired) electrons. The summed E-state index contributed by atoms with van der Waals surface area (Å²) >= 11 is 1.86. The number of hydrogen-bond acceptors (Lipinski definition) is 3. The molecule has 0 unspecified atom stereocenters. The Labute approximate surface area is 297 Å². The highest BCUT2D eigenvalue weighted by Gasteiger charge is 2.15. The molecular weight excluding hydrogens is 641 g/mol. The van der Waals surface area contributed by atoms with Crippen LogP contribution in [0.1, 0.15) is 0 Å². The first-order chi connectivity index (χ1) is 25.2. The zero-order valence-electron chi connectivity index (χ0n) is 27.4. The lowest BCUT2D eigenvalue weighted by Gasteiger charge is -2.10. The van der Waals surface area contributed by atoms with Crippen molar-refractivity contribution < 1.29 is 8.83 Å². The van der Waals surface area contributed by atoms with E-state index in [1.54, 1.807) is 0 Å². The monoisotopic (exact) mass is 668 g/mol. The maximum Gasteiger partial charge on any atom is 0.136 e. The van der Waals surface area contributed by atoms with Crippen LogP contribution in [0.4, 0.5) is 0 Å². The van der Waals surface area contributed by atoms with E-state index in [0.29, 0.717) is 0 Å². The number of para-hydroxylation sites is 1. The van der Waals surface area contributed by atoms with Gasteiger partial charge in [0.2, 0.25) is 0 Å². The fourth-order valence-corrected chi connectivity index (χ4v) is 8.96. The molecule has 0 atom stereocenters. The Morgan fingerprint density at radius 2 is 0.686 bits per heavy atom. The summed E-state index contributed by atoms with van der Waals surface area (Å²) in [7, 11) is 0. The van der Waals surface area contributed by atoms with E-state index < -0.39 is 0 Å². The van der Waals surface area contributed by atoms with E-state index in [0.717, 1.165) is 71.7 Å². The second-order valence-corrected chi connectivity index (χ2v) is 14.4. The molecule has 0 amide bonds. The Morgan fingerprint density at radius 1 is 0.275 bits per heavy atom. The summed E-state index contributed by atoms with van der Waals surface area (Å²) < 4.78 is 15.4. The molecule has 3 aromatic heterocycles. The summed E-state index contributed by atoms with van der Waals surface area (Å²) in [4.78, 5) is 0. The lowest BCUT2D eigenvalue weighted by Crippen LogP contribution is -1.85. The van der Waals surface area contributed by atoms with Crippen LogP contribution < -0.4 is 0 Å². The molecule has 238 valence electrons. The van der Waals surface area contributed by atoms with E-state index in [4.69, 9.17) is 8.83 Å². The van der Waals surface area contributed by atoms with Crippen LogP contribution in [0.3, 0.4) is 0 Å². The van der Waals surface area contributed by atoms with E-state index in [9.17, 15) is 0 Å². The second kappa shape index (κ2) is 11.0. The molecule has 0 aliphatic rings. The molecule has 51 heavy (non-hydrogen) atoms. The SMILES string of the molecule is c1ccc(-c2ccc3c(c2)sc2cc(-c4ccc5c(c4)oc4cc(-c6ccccc6-c6ccc7c(c6)oc6ccccc67)ccc45)ccc23)cc1. The van der Waals surface area contributed by atoms with Crippen molar-refractivity contribution in [2.24, 2.45) is 0 Å². The topological polar surface area (TPSA) is 26.3 Å². The Morgan fingerprint density at radius 3 is 1.29 bits per heavy atom. The van der Waals surface area contributed by atoms with Gasteiger partial charge in [-0.25, -0.2) is 0 Å². The highest BCUT2D eigenvalue weighted by atomic mass is 32.1. The molecule has 3 heteroatoms. The van der Waals surface area contributed by atoms with Gasteiger partial charge in [0.1, 0.15) is 22.3 Å². The first-order valence-corrected chi connectivity index (χ1v) is 18.0. The molecule has 3 heterocycles. The van der Waals surface area contributed by atoms with Gasteiger partial charge in [-0.1, -0.05) is 115 Å². The Balaban J connectivity index is 0.959. The molecule has 11 rings (SSSR count). The minimum Gasteiger partial charge on any atom is -0.456 e. The highest BCUT2D eigenvalue weighted by Crippen LogP contribution is 2.41. The molecule has 0 N–H and O–H groups in total. The molecule has 0 saturated carbocycles. The van der Waals surface area contributed by atoms with Gasteiger partial charge in [0, 0.05) is 41.7 Å². The predicted octanol–water partition coefficient (Wildman–Crippen LogP) is 14.5. The Bertz CT molecular complexity index is 3140. The van der Waals surface area contributed by atoms with Crippen LogP contribution >= 0.6 is 11.3 Å². The number of thiophene rings is 1. The zero-order valence-corrected chi connectivity index (χ0v) is 28.2. The van der Waals surface area contributed by atoms with E-state index in [1.807, 2.05) is 23.5 Å². The highest BCUT2D eigenvalue weighted by molar-refractivity contribution is 7.25. The van der Waals surface area contributed by atoms with Crippen LogP contribution in [-0.2, 0) is 0 Å². The van der Waals surface area contributed by atoms with Gasteiger partial charge in [0.15, 0.2) is 0 Å². The van der Waals surface area contributed by atoms with Gasteiger partial charge in [-0.2, -0.15) is 0 Å². The first-order valence-electron chi connectivity index (χ1n) is 17.2. The van der Waals surface area contributed by atoms with Gasteiger partial charge in [-0.3, -0.25) is 0 Å². The Kier molecular flexibility index (Phi) is 6.16. The van der Waals surface area contributed by atoms with Gasteiger partial charge in [-0.15, -0.1) is 11.3 Å². The summed E-state index contributed by atoms with van der Waals surface area (Å²) in [6.07, 6.45) is 0. The number of rotatable bonds is 4. The predicted molar refractivity (Wildman–Crippen MR) is 216 cm³/mol. The van der Waals surface area contributed by atoms with Gasteiger partial charge >= 0.3 is 0 Å². The first kappa shape index (κ1) is 28.4. The minimum atomic E-state index is 0.886. The molecule has 0 fully saturated rings. The van der Waals surface area contributed by atoms with Crippen LogP contribution in [0.15, 0.2) is 179 Å². The van der Waals surface area contributed by atoms with Crippen molar-refractivity contribution in [3.63, 3.8) is 0 Å². The second-order valence-electron chi connectivity index (χ2n) is 13.3. The van der Waals surface area contributed by atoms with E-state index >= 15 is 0 Å². The molecule has 0 aliphatic heterocycles. The summed E-state index contributed by atoms with van der Waals surface area (Å²) in [5, 5.41) is 7.13. The summed E-state index contributed by atoms with van der Waals surface area (Å²) in [5.41, 5.74) is 13.0. The quantitative estimate of drug-likeness (QED) is 0.187. The number of fused-ring (bicyclic) bond motifs is 9. The van der Waals surface area contributed by atoms with Crippen molar-refractivity contribution in [1.82, 2.24) is 0 Å². The molecule has 0 saturated heterocycles. The van der Waals surface area contributed by atoms with Crippen molar-refractivity contribution >= 4 is 75.4 Å². The van der Waals surface area contributed by atoms with Crippen LogP contribution in [0.5, 0.6) is 0 Å². The molecule has 0 spiro atoms. The molecule has 0 bridgehead atoms. The number of benzene rings is 8. The maximum absolute atomic E-state index is 6.59. The third-order valence-electron chi connectivity index (χ3n) is 10.3. The number of furan rings is 2. The Hall–Kier alpha value is -6.42. The van der Waals surface area contributed by atoms with E-state index in [-0.39, 0.29) is 0 Å². The summed E-state index contributed by atoms with van der Waals surface area (Å²) in [6.45, 7) is 0. The van der Waals surface area contributed by atoms with Gasteiger partial charge in [0.05, 0.1) is 0 Å². The molecule has 11 aromatic rings. The van der Waals surface area contributed by atoms with Gasteiger partial charge < -0.3 is 8.83 Å². The molecule has 0 aliphatic carbocycles. The van der Waals surface area contributed by atoms with Crippen molar-refractivity contribution in [3.8, 4) is 44.5 Å². The summed E-state index contributed by atoms with van der Waals surface area (Å²) in [6, 6.07) is 60.8. The minimum absolute atomic E-state index is 0.886. The largest absolute Gasteiger partial charge is 0.456 e. The average molecular weight is 669 g/mol. The molecular formula is C48H28O2S. The third kappa shape index (κ3) is 4.56. The van der Waals surface area contributed by atoms with Crippen molar-refractivity contribution in [3.05, 3.63) is 170 Å².